The van der Waals surface area contributed by atoms with E-state index in [4.69, 9.17) is 4.74 Å². The first kappa shape index (κ1) is 12.2. The van der Waals surface area contributed by atoms with Crippen LogP contribution in [0.3, 0.4) is 0 Å². The number of rotatable bonds is 2. The lowest BCUT2D eigenvalue weighted by atomic mass is 9.99. The molecule has 2 aliphatic rings. The molecule has 4 heteroatoms. The Morgan fingerprint density at radius 2 is 2.28 bits per heavy atom. The van der Waals surface area contributed by atoms with Gasteiger partial charge in [0.15, 0.2) is 0 Å². The molecule has 0 spiro atoms. The Balaban J connectivity index is 1.80. The van der Waals surface area contributed by atoms with Gasteiger partial charge in [-0.15, -0.1) is 0 Å². The van der Waals surface area contributed by atoms with Crippen LogP contribution in [0.1, 0.15) is 35.2 Å². The van der Waals surface area contributed by atoms with E-state index in [1.165, 1.54) is 18.4 Å². The van der Waals surface area contributed by atoms with E-state index >= 15 is 0 Å². The van der Waals surface area contributed by atoms with Crippen molar-refractivity contribution in [2.24, 2.45) is 0 Å². The second-order valence-corrected chi connectivity index (χ2v) is 5.93. The maximum atomic E-state index is 11.3. The van der Waals surface area contributed by atoms with E-state index < -0.39 is 0 Å². The topological polar surface area (TPSA) is 38.3 Å². The predicted molar refractivity (Wildman–Crippen MR) is 74.0 cm³/mol. The fourth-order valence-electron chi connectivity index (χ4n) is 2.63. The van der Waals surface area contributed by atoms with Gasteiger partial charge in [0.05, 0.1) is 17.4 Å². The molecule has 0 bridgehead atoms. The standard InChI is InChI=1S/C14H16BrNO2/c15-14(12-3-1-2-6-18-12)9-4-5-11-10(7-9)8-13(17)16-11/h4-5,7,12,14H,1-3,6,8H2,(H,16,17). The van der Waals surface area contributed by atoms with E-state index in [9.17, 15) is 4.79 Å². The van der Waals surface area contributed by atoms with Crippen LogP contribution in [0.5, 0.6) is 0 Å². The fraction of sp³-hybridized carbons (Fsp3) is 0.500. The molecular weight excluding hydrogens is 294 g/mol. The lowest BCUT2D eigenvalue weighted by molar-refractivity contribution is -0.115. The van der Waals surface area contributed by atoms with Gasteiger partial charge >= 0.3 is 0 Å². The number of benzene rings is 1. The maximum absolute atomic E-state index is 11.3. The molecule has 1 fully saturated rings. The highest BCUT2D eigenvalue weighted by atomic mass is 79.9. The van der Waals surface area contributed by atoms with E-state index in [-0.39, 0.29) is 16.8 Å². The Morgan fingerprint density at radius 3 is 3.06 bits per heavy atom. The molecule has 18 heavy (non-hydrogen) atoms. The number of nitrogens with one attached hydrogen (secondary N) is 1. The van der Waals surface area contributed by atoms with Crippen molar-refractivity contribution in [1.82, 2.24) is 0 Å². The summed E-state index contributed by atoms with van der Waals surface area (Å²) in [6, 6.07) is 6.18. The predicted octanol–water partition coefficient (Wildman–Crippen LogP) is 3.19. The zero-order chi connectivity index (χ0) is 12.5. The van der Waals surface area contributed by atoms with Crippen LogP contribution in [0.15, 0.2) is 18.2 Å². The zero-order valence-electron chi connectivity index (χ0n) is 10.1. The van der Waals surface area contributed by atoms with Crippen LogP contribution >= 0.6 is 15.9 Å². The number of fused-ring (bicyclic) bond motifs is 1. The molecule has 0 radical (unpaired) electrons. The summed E-state index contributed by atoms with van der Waals surface area (Å²) in [6.07, 6.45) is 4.25. The Hall–Kier alpha value is -0.870. The number of ether oxygens (including phenoxy) is 1. The summed E-state index contributed by atoms with van der Waals surface area (Å²) in [5.74, 6) is 0.0854. The smallest absolute Gasteiger partial charge is 0.228 e. The second kappa shape index (κ2) is 5.02. The van der Waals surface area contributed by atoms with Crippen LogP contribution < -0.4 is 5.32 Å². The number of halogens is 1. The van der Waals surface area contributed by atoms with Crippen molar-refractivity contribution in [2.75, 3.05) is 11.9 Å². The Kier molecular flexibility index (Phi) is 3.39. The zero-order valence-corrected chi connectivity index (χ0v) is 11.7. The molecule has 1 amide bonds. The highest BCUT2D eigenvalue weighted by molar-refractivity contribution is 9.09. The summed E-state index contributed by atoms with van der Waals surface area (Å²) in [5, 5.41) is 2.86. The van der Waals surface area contributed by atoms with Crippen molar-refractivity contribution < 1.29 is 9.53 Å². The first-order valence-electron chi connectivity index (χ1n) is 6.42. The number of hydrogen-bond acceptors (Lipinski definition) is 2. The third-order valence-corrected chi connectivity index (χ3v) is 4.73. The van der Waals surface area contributed by atoms with Crippen LogP contribution in [0.4, 0.5) is 5.69 Å². The lowest BCUT2D eigenvalue weighted by Crippen LogP contribution is -2.23. The maximum Gasteiger partial charge on any atom is 0.228 e. The van der Waals surface area contributed by atoms with Gasteiger partial charge in [-0.3, -0.25) is 4.79 Å². The Labute approximate surface area is 115 Å². The molecule has 0 saturated carbocycles. The second-order valence-electron chi connectivity index (χ2n) is 4.95. The van der Waals surface area contributed by atoms with Crippen molar-refractivity contribution in [2.45, 2.75) is 36.6 Å². The van der Waals surface area contributed by atoms with E-state index in [1.54, 1.807) is 0 Å². The van der Waals surface area contributed by atoms with Crippen molar-refractivity contribution in [3.05, 3.63) is 29.3 Å². The van der Waals surface area contributed by atoms with Gasteiger partial charge in [0.1, 0.15) is 0 Å². The largest absolute Gasteiger partial charge is 0.377 e. The van der Waals surface area contributed by atoms with Crippen molar-refractivity contribution >= 4 is 27.5 Å². The normalized spacial score (nSPS) is 24.5. The third-order valence-electron chi connectivity index (χ3n) is 3.61. The van der Waals surface area contributed by atoms with Gasteiger partial charge in [-0.2, -0.15) is 0 Å². The molecule has 0 aliphatic carbocycles. The highest BCUT2D eigenvalue weighted by Gasteiger charge is 2.25. The van der Waals surface area contributed by atoms with Gasteiger partial charge in [0.25, 0.3) is 0 Å². The van der Waals surface area contributed by atoms with Crippen LogP contribution in [-0.2, 0) is 16.0 Å². The molecule has 0 aromatic heterocycles. The van der Waals surface area contributed by atoms with E-state index in [1.807, 2.05) is 6.07 Å². The van der Waals surface area contributed by atoms with Gasteiger partial charge in [0.2, 0.25) is 5.91 Å². The summed E-state index contributed by atoms with van der Waals surface area (Å²) in [5.41, 5.74) is 3.25. The number of hydrogen-bond donors (Lipinski definition) is 1. The number of carbonyl (C=O) groups excluding carboxylic acids is 1. The number of carbonyl (C=O) groups is 1. The molecule has 1 aromatic rings. The lowest BCUT2D eigenvalue weighted by Gasteiger charge is -2.27. The number of amides is 1. The first-order chi connectivity index (χ1) is 8.74. The quantitative estimate of drug-likeness (QED) is 0.852. The molecule has 96 valence electrons. The minimum Gasteiger partial charge on any atom is -0.377 e. The van der Waals surface area contributed by atoms with Gasteiger partial charge in [-0.25, -0.2) is 0 Å². The minimum atomic E-state index is 0.0854. The summed E-state index contributed by atoms with van der Waals surface area (Å²) in [6.45, 7) is 0.859. The molecule has 2 atom stereocenters. The summed E-state index contributed by atoms with van der Waals surface area (Å²) >= 11 is 3.74. The van der Waals surface area contributed by atoms with Gasteiger partial charge in [0, 0.05) is 12.3 Å². The summed E-state index contributed by atoms with van der Waals surface area (Å²) < 4.78 is 5.81. The molecule has 1 N–H and O–H groups in total. The Morgan fingerprint density at radius 1 is 1.39 bits per heavy atom. The van der Waals surface area contributed by atoms with E-state index in [0.29, 0.717) is 6.42 Å². The van der Waals surface area contributed by atoms with Crippen LogP contribution in [0.25, 0.3) is 0 Å². The first-order valence-corrected chi connectivity index (χ1v) is 7.34. The van der Waals surface area contributed by atoms with Gasteiger partial charge in [-0.1, -0.05) is 28.1 Å². The monoisotopic (exact) mass is 309 g/mol. The molecule has 1 aromatic carbocycles. The summed E-state index contributed by atoms with van der Waals surface area (Å²) in [7, 11) is 0. The van der Waals surface area contributed by atoms with E-state index in [2.05, 4.69) is 33.4 Å². The molecule has 2 aliphatic heterocycles. The number of alkyl halides is 1. The number of anilines is 1. The molecule has 3 rings (SSSR count). The van der Waals surface area contributed by atoms with Crippen LogP contribution in [-0.4, -0.2) is 18.6 Å². The van der Waals surface area contributed by atoms with Gasteiger partial charge < -0.3 is 10.1 Å². The molecule has 2 heterocycles. The minimum absolute atomic E-state index is 0.0854. The van der Waals surface area contributed by atoms with E-state index in [0.717, 1.165) is 24.3 Å². The van der Waals surface area contributed by atoms with Gasteiger partial charge in [-0.05, 0) is 36.5 Å². The van der Waals surface area contributed by atoms with Crippen molar-refractivity contribution in [3.8, 4) is 0 Å². The van der Waals surface area contributed by atoms with Crippen molar-refractivity contribution in [1.29, 1.82) is 0 Å². The molecule has 2 unspecified atom stereocenters. The highest BCUT2D eigenvalue weighted by Crippen LogP contribution is 2.36. The van der Waals surface area contributed by atoms with Crippen molar-refractivity contribution in [3.63, 3.8) is 0 Å². The third kappa shape index (κ3) is 2.31. The SMILES string of the molecule is O=C1Cc2cc(C(Br)C3CCCCO3)ccc2N1. The summed E-state index contributed by atoms with van der Waals surface area (Å²) in [4.78, 5) is 11.6. The average molecular weight is 310 g/mol. The Bertz CT molecular complexity index is 469. The molecule has 3 nitrogen and oxygen atoms in total. The molecule has 1 saturated heterocycles. The van der Waals surface area contributed by atoms with Crippen LogP contribution in [0.2, 0.25) is 0 Å². The molecular formula is C14H16BrNO2. The average Bonchev–Trinajstić information content (AvgIpc) is 2.78. The van der Waals surface area contributed by atoms with Crippen LogP contribution in [0, 0.1) is 0 Å². The fourth-order valence-corrected chi connectivity index (χ4v) is 3.33.